The molecule has 2 heterocycles. The van der Waals surface area contributed by atoms with Gasteiger partial charge in [0.25, 0.3) is 0 Å². The number of rotatable bonds is 5. The molecule has 0 saturated carbocycles. The van der Waals surface area contributed by atoms with Gasteiger partial charge >= 0.3 is 0 Å². The smallest absolute Gasteiger partial charge is 0.0966 e. The van der Waals surface area contributed by atoms with Crippen LogP contribution in [0.5, 0.6) is 0 Å². The Hall–Kier alpha value is -0.120. The van der Waals surface area contributed by atoms with Gasteiger partial charge in [-0.05, 0) is 18.3 Å². The van der Waals surface area contributed by atoms with E-state index >= 15 is 0 Å². The molecule has 1 spiro atoms. The van der Waals surface area contributed by atoms with Crippen LogP contribution in [0.2, 0.25) is 0 Å². The fourth-order valence-electron chi connectivity index (χ4n) is 2.89. The van der Waals surface area contributed by atoms with E-state index in [-0.39, 0.29) is 5.66 Å². The predicted octanol–water partition coefficient (Wildman–Crippen LogP) is 2.22. The molecule has 1 N–H and O–H groups in total. The Bertz CT molecular complexity index is 245. The molecule has 2 saturated heterocycles. The van der Waals surface area contributed by atoms with Crippen LogP contribution < -0.4 is 5.32 Å². The molecule has 0 bridgehead atoms. The molecule has 2 aliphatic rings. The van der Waals surface area contributed by atoms with E-state index in [0.717, 1.165) is 19.8 Å². The summed E-state index contributed by atoms with van der Waals surface area (Å²) in [6.07, 6.45) is 5.13. The van der Waals surface area contributed by atoms with Crippen LogP contribution in [0.25, 0.3) is 0 Å². The molecule has 2 fully saturated rings. The Balaban J connectivity index is 1.83. The number of nitrogens with zero attached hydrogens (tertiary/aromatic N) is 1. The maximum Gasteiger partial charge on any atom is 0.0966 e. The van der Waals surface area contributed by atoms with Crippen molar-refractivity contribution >= 4 is 0 Å². The predicted molar refractivity (Wildman–Crippen MR) is 71.0 cm³/mol. The molecule has 0 aromatic heterocycles. The van der Waals surface area contributed by atoms with Crippen LogP contribution in [0.15, 0.2) is 0 Å². The van der Waals surface area contributed by atoms with Crippen molar-refractivity contribution < 1.29 is 4.74 Å². The molecule has 0 amide bonds. The molecule has 1 atom stereocenters. The third-order valence-corrected chi connectivity index (χ3v) is 5.13. The fourth-order valence-corrected chi connectivity index (χ4v) is 2.89. The van der Waals surface area contributed by atoms with Crippen molar-refractivity contribution in [3.63, 3.8) is 0 Å². The number of morpholine rings is 1. The number of ether oxygens (including phenoxy) is 1. The van der Waals surface area contributed by atoms with Gasteiger partial charge in [0.2, 0.25) is 0 Å². The topological polar surface area (TPSA) is 24.5 Å². The molecule has 17 heavy (non-hydrogen) atoms. The molecule has 0 radical (unpaired) electrons. The van der Waals surface area contributed by atoms with Gasteiger partial charge in [-0.1, -0.05) is 33.6 Å². The lowest BCUT2D eigenvalue weighted by atomic mass is 9.80. The van der Waals surface area contributed by atoms with Crippen LogP contribution in [0, 0.1) is 5.41 Å². The third-order valence-electron chi connectivity index (χ3n) is 5.13. The number of likely N-dealkylation sites (tertiary alicyclic amines) is 1. The van der Waals surface area contributed by atoms with Gasteiger partial charge in [-0.15, -0.1) is 0 Å². The molecule has 0 aliphatic carbocycles. The van der Waals surface area contributed by atoms with Crippen molar-refractivity contribution in [2.75, 3.05) is 32.8 Å². The highest BCUT2D eigenvalue weighted by Crippen LogP contribution is 2.35. The monoisotopic (exact) mass is 240 g/mol. The van der Waals surface area contributed by atoms with E-state index in [2.05, 4.69) is 31.0 Å². The van der Waals surface area contributed by atoms with E-state index in [1.165, 1.54) is 38.8 Å². The maximum absolute atomic E-state index is 5.64. The van der Waals surface area contributed by atoms with Crippen LogP contribution in [-0.2, 0) is 4.74 Å². The Morgan fingerprint density at radius 1 is 1.35 bits per heavy atom. The van der Waals surface area contributed by atoms with Gasteiger partial charge in [-0.25, -0.2) is 0 Å². The van der Waals surface area contributed by atoms with Crippen molar-refractivity contribution in [3.05, 3.63) is 0 Å². The Morgan fingerprint density at radius 2 is 2.12 bits per heavy atom. The summed E-state index contributed by atoms with van der Waals surface area (Å²) in [7, 11) is 0. The zero-order valence-corrected chi connectivity index (χ0v) is 11.7. The third kappa shape index (κ3) is 2.67. The largest absolute Gasteiger partial charge is 0.377 e. The Kier molecular flexibility index (Phi) is 4.11. The average Bonchev–Trinajstić information content (AvgIpc) is 2.38. The molecular weight excluding hydrogens is 212 g/mol. The number of hydrogen-bond acceptors (Lipinski definition) is 3. The first-order valence-electron chi connectivity index (χ1n) is 7.22. The van der Waals surface area contributed by atoms with Crippen LogP contribution in [0.3, 0.4) is 0 Å². The van der Waals surface area contributed by atoms with Gasteiger partial charge in [0.1, 0.15) is 0 Å². The van der Waals surface area contributed by atoms with Crippen molar-refractivity contribution in [2.45, 2.75) is 52.1 Å². The molecular formula is C14H28N2O. The van der Waals surface area contributed by atoms with Gasteiger partial charge in [-0.3, -0.25) is 10.2 Å². The Morgan fingerprint density at radius 3 is 2.59 bits per heavy atom. The molecule has 2 aliphatic heterocycles. The molecule has 1 unspecified atom stereocenters. The molecule has 100 valence electrons. The van der Waals surface area contributed by atoms with Gasteiger partial charge < -0.3 is 4.74 Å². The summed E-state index contributed by atoms with van der Waals surface area (Å²) in [6.45, 7) is 12.3. The van der Waals surface area contributed by atoms with E-state index in [4.69, 9.17) is 4.74 Å². The zero-order valence-electron chi connectivity index (χ0n) is 11.7. The van der Waals surface area contributed by atoms with E-state index in [0.29, 0.717) is 5.41 Å². The van der Waals surface area contributed by atoms with Gasteiger partial charge in [0.05, 0.1) is 18.9 Å². The second-order valence-corrected chi connectivity index (χ2v) is 6.02. The zero-order chi connectivity index (χ0) is 12.4. The van der Waals surface area contributed by atoms with E-state index in [1.807, 2.05) is 0 Å². The minimum Gasteiger partial charge on any atom is -0.377 e. The van der Waals surface area contributed by atoms with Crippen LogP contribution >= 0.6 is 0 Å². The highest BCUT2D eigenvalue weighted by atomic mass is 16.5. The van der Waals surface area contributed by atoms with E-state index < -0.39 is 0 Å². The SMILES string of the molecule is CCC(C)(CC)CCN1CCC12COCCN2. The maximum atomic E-state index is 5.64. The van der Waals surface area contributed by atoms with Crippen molar-refractivity contribution in [3.8, 4) is 0 Å². The van der Waals surface area contributed by atoms with Crippen LogP contribution in [0.1, 0.15) is 46.5 Å². The first-order chi connectivity index (χ1) is 8.14. The number of hydrogen-bond donors (Lipinski definition) is 1. The summed E-state index contributed by atoms with van der Waals surface area (Å²) in [6, 6.07) is 0. The minimum atomic E-state index is 0.195. The summed E-state index contributed by atoms with van der Waals surface area (Å²) < 4.78 is 5.64. The summed E-state index contributed by atoms with van der Waals surface area (Å²) in [5.41, 5.74) is 0.715. The summed E-state index contributed by atoms with van der Waals surface area (Å²) in [5, 5.41) is 3.66. The average molecular weight is 240 g/mol. The highest BCUT2D eigenvalue weighted by molar-refractivity contribution is 4.99. The van der Waals surface area contributed by atoms with E-state index in [9.17, 15) is 0 Å². The lowest BCUT2D eigenvalue weighted by Gasteiger charge is -2.55. The summed E-state index contributed by atoms with van der Waals surface area (Å²) >= 11 is 0. The van der Waals surface area contributed by atoms with Crippen molar-refractivity contribution in [1.29, 1.82) is 0 Å². The quantitative estimate of drug-likeness (QED) is 0.797. The van der Waals surface area contributed by atoms with Crippen molar-refractivity contribution in [1.82, 2.24) is 10.2 Å². The second kappa shape index (κ2) is 5.25. The molecule has 3 heteroatoms. The Labute approximate surface area is 106 Å². The first kappa shape index (κ1) is 13.3. The number of nitrogens with one attached hydrogen (secondary N) is 1. The van der Waals surface area contributed by atoms with Crippen LogP contribution in [-0.4, -0.2) is 43.4 Å². The van der Waals surface area contributed by atoms with Gasteiger partial charge in [0.15, 0.2) is 0 Å². The fraction of sp³-hybridized carbons (Fsp3) is 1.00. The normalized spacial score (nSPS) is 30.5. The second-order valence-electron chi connectivity index (χ2n) is 6.02. The summed E-state index contributed by atoms with van der Waals surface area (Å²) in [5.74, 6) is 0. The van der Waals surface area contributed by atoms with Gasteiger partial charge in [0, 0.05) is 19.6 Å². The molecule has 0 aromatic rings. The van der Waals surface area contributed by atoms with Crippen molar-refractivity contribution in [2.24, 2.45) is 5.41 Å². The summed E-state index contributed by atoms with van der Waals surface area (Å²) in [4.78, 5) is 2.59. The first-order valence-corrected chi connectivity index (χ1v) is 7.22. The molecule has 2 rings (SSSR count). The standard InChI is InChI=1S/C14H28N2O/c1-4-13(3,5-2)6-9-16-10-7-14(16)12-17-11-8-15-14/h15H,4-12H2,1-3H3. The highest BCUT2D eigenvalue weighted by Gasteiger charge is 2.45. The molecule has 3 nitrogen and oxygen atoms in total. The van der Waals surface area contributed by atoms with Crippen LogP contribution in [0.4, 0.5) is 0 Å². The minimum absolute atomic E-state index is 0.195. The lowest BCUT2D eigenvalue weighted by molar-refractivity contribution is -0.126. The van der Waals surface area contributed by atoms with Gasteiger partial charge in [-0.2, -0.15) is 0 Å². The molecule has 0 aromatic carbocycles. The van der Waals surface area contributed by atoms with E-state index in [1.54, 1.807) is 0 Å². The lowest BCUT2D eigenvalue weighted by Crippen LogP contribution is -2.72.